The van der Waals surface area contributed by atoms with E-state index < -0.39 is 58.0 Å². The summed E-state index contributed by atoms with van der Waals surface area (Å²) in [5.41, 5.74) is 3.31. The molecule has 0 aromatic heterocycles. The van der Waals surface area contributed by atoms with Gasteiger partial charge in [-0.1, -0.05) is 0 Å². The summed E-state index contributed by atoms with van der Waals surface area (Å²) in [7, 11) is 3.15. The highest BCUT2D eigenvalue weighted by atomic mass is 16.3. The van der Waals surface area contributed by atoms with Gasteiger partial charge in [-0.05, 0) is 64.4 Å². The highest BCUT2D eigenvalue weighted by Gasteiger charge is 2.64. The van der Waals surface area contributed by atoms with Crippen LogP contribution in [0.3, 0.4) is 0 Å². The van der Waals surface area contributed by atoms with Gasteiger partial charge in [-0.2, -0.15) is 0 Å². The molecule has 3 aliphatic carbocycles. The van der Waals surface area contributed by atoms with Crippen molar-refractivity contribution in [3.8, 4) is 5.75 Å². The smallest absolute Gasteiger partial charge is 0.255 e. The maximum Gasteiger partial charge on any atom is 0.255 e. The van der Waals surface area contributed by atoms with E-state index in [1.807, 2.05) is 13.8 Å². The summed E-state index contributed by atoms with van der Waals surface area (Å²) in [6.45, 7) is 5.33. The van der Waals surface area contributed by atoms with Crippen molar-refractivity contribution < 1.29 is 34.8 Å². The number of hydrogen-bond donors (Lipinski definition) is 5. The van der Waals surface area contributed by atoms with E-state index in [1.54, 1.807) is 20.2 Å². The molecule has 1 aromatic rings. The Balaban J connectivity index is 1.97. The van der Waals surface area contributed by atoms with E-state index in [9.17, 15) is 34.8 Å². The van der Waals surface area contributed by atoms with Gasteiger partial charge in [0.25, 0.3) is 5.91 Å². The van der Waals surface area contributed by atoms with Crippen molar-refractivity contribution in [1.29, 1.82) is 0 Å². The van der Waals surface area contributed by atoms with Crippen molar-refractivity contribution >= 4 is 28.9 Å². The summed E-state index contributed by atoms with van der Waals surface area (Å²) in [5, 5.41) is 44.3. The van der Waals surface area contributed by atoms with Crippen molar-refractivity contribution in [2.75, 3.05) is 32.1 Å². The van der Waals surface area contributed by atoms with Crippen LogP contribution in [0.1, 0.15) is 31.4 Å². The van der Waals surface area contributed by atoms with E-state index in [0.717, 1.165) is 5.69 Å². The van der Waals surface area contributed by atoms with Crippen molar-refractivity contribution in [2.24, 2.45) is 17.6 Å². The second-order valence-corrected chi connectivity index (χ2v) is 9.59. The van der Waals surface area contributed by atoms with E-state index in [0.29, 0.717) is 18.7 Å². The zero-order chi connectivity index (χ0) is 26.0. The maximum atomic E-state index is 13.8. The van der Waals surface area contributed by atoms with Gasteiger partial charge in [-0.25, -0.2) is 0 Å². The third-order valence-corrected chi connectivity index (χ3v) is 7.68. The molecule has 0 heterocycles. The SMILES string of the molecule is CCN(CC)c1ccc(O)c2c1CC1CC3[C@H](N(C)C)C(=O)C(C(N)=O)=C(O)[C@@]3(O)C(=O)C1=C2O. The lowest BCUT2D eigenvalue weighted by Gasteiger charge is -2.50. The van der Waals surface area contributed by atoms with E-state index in [-0.39, 0.29) is 29.7 Å². The predicted molar refractivity (Wildman–Crippen MR) is 128 cm³/mol. The molecule has 10 nitrogen and oxygen atoms in total. The van der Waals surface area contributed by atoms with Crippen molar-refractivity contribution in [1.82, 2.24) is 4.90 Å². The molecule has 6 N–H and O–H groups in total. The highest BCUT2D eigenvalue weighted by Crippen LogP contribution is 2.53. The number of nitrogens with zero attached hydrogens (tertiary/aromatic N) is 2. The lowest BCUT2D eigenvalue weighted by Crippen LogP contribution is -2.65. The molecule has 0 saturated heterocycles. The second kappa shape index (κ2) is 8.39. The standard InChI is InChI=1S/C25H31N3O7/c1-5-28(6-2)14-7-8-15(29)17-12(14)9-11-10-13-19(27(3)4)21(31)18(24(26)34)23(33)25(13,35)22(32)16(11)20(17)30/h7-8,11,13,19,29-30,33,35H,5-6,9-10H2,1-4H3,(H2,26,34)/t11?,13?,19-,25-/m0/s1. The fourth-order valence-electron chi connectivity index (χ4n) is 6.09. The van der Waals surface area contributed by atoms with Crippen LogP contribution in [0, 0.1) is 11.8 Å². The highest BCUT2D eigenvalue weighted by molar-refractivity contribution is 6.24. The zero-order valence-electron chi connectivity index (χ0n) is 20.2. The van der Waals surface area contributed by atoms with Gasteiger partial charge in [-0.15, -0.1) is 0 Å². The molecule has 0 aliphatic heterocycles. The number of likely N-dealkylation sites (N-methyl/N-ethyl adjacent to an activating group) is 1. The van der Waals surface area contributed by atoms with Gasteiger partial charge in [0.2, 0.25) is 5.78 Å². The molecule has 3 aliphatic rings. The Kier molecular flexibility index (Phi) is 5.93. The number of aliphatic hydroxyl groups excluding tert-OH is 2. The minimum atomic E-state index is -2.63. The zero-order valence-corrected chi connectivity index (χ0v) is 20.2. The first-order valence-corrected chi connectivity index (χ1v) is 11.7. The van der Waals surface area contributed by atoms with Crippen LogP contribution in [0.25, 0.3) is 5.76 Å². The van der Waals surface area contributed by atoms with Gasteiger partial charge in [0.15, 0.2) is 11.4 Å². The van der Waals surface area contributed by atoms with Gasteiger partial charge in [0.05, 0.1) is 11.6 Å². The van der Waals surface area contributed by atoms with Crippen LogP contribution in [0.5, 0.6) is 5.75 Å². The number of benzene rings is 1. The number of rotatable bonds is 5. The van der Waals surface area contributed by atoms with Crippen LogP contribution in [-0.4, -0.2) is 81.6 Å². The van der Waals surface area contributed by atoms with Crippen LogP contribution < -0.4 is 10.6 Å². The average molecular weight is 486 g/mol. The number of carbonyl (C=O) groups is 3. The third-order valence-electron chi connectivity index (χ3n) is 7.68. The number of carbonyl (C=O) groups excluding carboxylic acids is 3. The number of anilines is 1. The molecule has 4 rings (SSSR count). The summed E-state index contributed by atoms with van der Waals surface area (Å²) in [6, 6.07) is 2.11. The number of hydrogen-bond acceptors (Lipinski definition) is 9. The Hall–Kier alpha value is -3.37. The molecule has 35 heavy (non-hydrogen) atoms. The molecule has 1 aromatic carbocycles. The fourth-order valence-corrected chi connectivity index (χ4v) is 6.09. The Labute approximate surface area is 202 Å². The minimum absolute atomic E-state index is 0.0686. The van der Waals surface area contributed by atoms with E-state index in [4.69, 9.17) is 5.73 Å². The molecule has 1 fully saturated rings. The van der Waals surface area contributed by atoms with Gasteiger partial charge < -0.3 is 31.1 Å². The van der Waals surface area contributed by atoms with Gasteiger partial charge >= 0.3 is 0 Å². The normalized spacial score (nSPS) is 28.1. The molecule has 0 radical (unpaired) electrons. The Morgan fingerprint density at radius 3 is 2.31 bits per heavy atom. The Morgan fingerprint density at radius 2 is 1.77 bits per heavy atom. The number of aliphatic hydroxyl groups is 3. The fraction of sp³-hybridized carbons (Fsp3) is 0.480. The largest absolute Gasteiger partial charge is 0.508 e. The van der Waals surface area contributed by atoms with E-state index >= 15 is 0 Å². The third kappa shape index (κ3) is 3.27. The van der Waals surface area contributed by atoms with Crippen molar-refractivity contribution in [2.45, 2.75) is 38.3 Å². The van der Waals surface area contributed by atoms with Crippen LogP contribution in [0.2, 0.25) is 0 Å². The topological polar surface area (TPSA) is 165 Å². The summed E-state index contributed by atoms with van der Waals surface area (Å²) >= 11 is 0. The number of aromatic hydroxyl groups is 1. The number of nitrogens with two attached hydrogens (primary N) is 1. The monoisotopic (exact) mass is 485 g/mol. The molecule has 188 valence electrons. The number of Topliss-reactive ketones (excluding diaryl/α,β-unsaturated/α-hetero) is 2. The molecule has 4 atom stereocenters. The Morgan fingerprint density at radius 1 is 1.14 bits per heavy atom. The lowest BCUT2D eigenvalue weighted by atomic mass is 9.57. The molecule has 1 amide bonds. The average Bonchev–Trinajstić information content (AvgIpc) is 2.78. The number of amides is 1. The number of primary amides is 1. The van der Waals surface area contributed by atoms with Gasteiger partial charge in [0.1, 0.15) is 22.8 Å². The summed E-state index contributed by atoms with van der Waals surface area (Å²) in [6.07, 6.45) is 0.341. The molecule has 0 spiro atoms. The maximum absolute atomic E-state index is 13.8. The van der Waals surface area contributed by atoms with Crippen LogP contribution in [0.4, 0.5) is 5.69 Å². The predicted octanol–water partition coefficient (Wildman–Crippen LogP) is 0.810. The lowest BCUT2D eigenvalue weighted by molar-refractivity contribution is -0.153. The minimum Gasteiger partial charge on any atom is -0.508 e. The molecule has 2 unspecified atom stereocenters. The summed E-state index contributed by atoms with van der Waals surface area (Å²) in [5.74, 6) is -6.49. The first-order chi connectivity index (χ1) is 16.4. The first-order valence-electron chi connectivity index (χ1n) is 11.7. The van der Waals surface area contributed by atoms with Crippen LogP contribution >= 0.6 is 0 Å². The molecule has 0 bridgehead atoms. The number of phenolic OH excluding ortho intramolecular Hbond substituents is 1. The molecular formula is C25H31N3O7. The first kappa shape index (κ1) is 24.7. The number of fused-ring (bicyclic) bond motifs is 3. The van der Waals surface area contributed by atoms with Gasteiger partial charge in [0, 0.05) is 30.3 Å². The van der Waals surface area contributed by atoms with Crippen molar-refractivity contribution in [3.05, 3.63) is 40.2 Å². The summed E-state index contributed by atoms with van der Waals surface area (Å²) < 4.78 is 0. The Bertz CT molecular complexity index is 1200. The molecular weight excluding hydrogens is 454 g/mol. The molecule has 10 heteroatoms. The quantitative estimate of drug-likeness (QED) is 0.380. The molecule has 1 saturated carbocycles. The van der Waals surface area contributed by atoms with Crippen LogP contribution in [-0.2, 0) is 20.8 Å². The van der Waals surface area contributed by atoms with Crippen LogP contribution in [0.15, 0.2) is 29.0 Å². The summed E-state index contributed by atoms with van der Waals surface area (Å²) in [4.78, 5) is 42.5. The second-order valence-electron chi connectivity index (χ2n) is 9.59. The number of phenols is 1. The van der Waals surface area contributed by atoms with Crippen molar-refractivity contribution in [3.63, 3.8) is 0 Å². The van der Waals surface area contributed by atoms with Gasteiger partial charge in [-0.3, -0.25) is 19.3 Å². The van der Waals surface area contributed by atoms with E-state index in [2.05, 4.69) is 4.90 Å². The number of ketones is 2. The van der Waals surface area contributed by atoms with E-state index in [1.165, 1.54) is 11.0 Å².